The van der Waals surface area contributed by atoms with Crippen LogP contribution in [0.5, 0.6) is 5.75 Å². The number of nitrogens with zero attached hydrogens (tertiary/aromatic N) is 4. The van der Waals surface area contributed by atoms with Gasteiger partial charge in [-0.15, -0.1) is 0 Å². The fourth-order valence-electron chi connectivity index (χ4n) is 1.37. The van der Waals surface area contributed by atoms with Crippen molar-refractivity contribution in [1.29, 1.82) is 0 Å². The lowest BCUT2D eigenvalue weighted by atomic mass is 10.3. The van der Waals surface area contributed by atoms with Gasteiger partial charge in [0.1, 0.15) is 19.3 Å². The van der Waals surface area contributed by atoms with Crippen molar-refractivity contribution >= 4 is 21.6 Å². The Bertz CT molecular complexity index is 544. The second-order valence-electron chi connectivity index (χ2n) is 3.35. The second kappa shape index (κ2) is 5.58. The third-order valence-electron chi connectivity index (χ3n) is 2.18. The van der Waals surface area contributed by atoms with Gasteiger partial charge in [0.15, 0.2) is 0 Å². The standard InChI is InChI=1S/C10H9BrN4O3/c11-8-2-1-3-9(15(16)17)10(8)18-5-4-14-7-12-6-13-14/h1-3,6-7H,4-5H2. The summed E-state index contributed by atoms with van der Waals surface area (Å²) in [5, 5.41) is 14.8. The highest BCUT2D eigenvalue weighted by atomic mass is 79.9. The van der Waals surface area contributed by atoms with Gasteiger partial charge in [-0.05, 0) is 22.0 Å². The van der Waals surface area contributed by atoms with Crippen molar-refractivity contribution in [2.45, 2.75) is 6.54 Å². The number of halogens is 1. The molecule has 1 aromatic heterocycles. The van der Waals surface area contributed by atoms with Crippen molar-refractivity contribution < 1.29 is 9.66 Å². The number of ether oxygens (including phenoxy) is 1. The number of nitro benzene ring substituents is 1. The molecule has 0 radical (unpaired) electrons. The van der Waals surface area contributed by atoms with Crippen molar-refractivity contribution in [2.75, 3.05) is 6.61 Å². The molecular weight excluding hydrogens is 304 g/mol. The molecular formula is C10H9BrN4O3. The summed E-state index contributed by atoms with van der Waals surface area (Å²) in [6, 6.07) is 4.68. The minimum Gasteiger partial charge on any atom is -0.484 e. The quantitative estimate of drug-likeness (QED) is 0.623. The van der Waals surface area contributed by atoms with Crippen molar-refractivity contribution in [3.63, 3.8) is 0 Å². The molecule has 0 saturated carbocycles. The zero-order valence-corrected chi connectivity index (χ0v) is 10.8. The molecule has 1 aromatic carbocycles. The van der Waals surface area contributed by atoms with E-state index in [1.165, 1.54) is 12.4 Å². The molecule has 0 bridgehead atoms. The summed E-state index contributed by atoms with van der Waals surface area (Å²) >= 11 is 3.23. The molecule has 18 heavy (non-hydrogen) atoms. The summed E-state index contributed by atoms with van der Waals surface area (Å²) in [4.78, 5) is 14.2. The third-order valence-corrected chi connectivity index (χ3v) is 2.80. The van der Waals surface area contributed by atoms with Gasteiger partial charge in [0, 0.05) is 6.07 Å². The first-order chi connectivity index (χ1) is 8.68. The molecule has 2 rings (SSSR count). The zero-order valence-electron chi connectivity index (χ0n) is 9.19. The van der Waals surface area contributed by atoms with Crippen LogP contribution in [0, 0.1) is 10.1 Å². The molecule has 1 heterocycles. The maximum Gasteiger partial charge on any atom is 0.312 e. The molecule has 0 unspecified atom stereocenters. The van der Waals surface area contributed by atoms with Gasteiger partial charge in [-0.25, -0.2) is 9.67 Å². The van der Waals surface area contributed by atoms with Gasteiger partial charge in [-0.1, -0.05) is 6.07 Å². The Hall–Kier alpha value is -1.96. The van der Waals surface area contributed by atoms with Crippen LogP contribution in [0.3, 0.4) is 0 Å². The van der Waals surface area contributed by atoms with Gasteiger partial charge < -0.3 is 4.74 Å². The van der Waals surface area contributed by atoms with Crippen LogP contribution < -0.4 is 4.74 Å². The molecule has 0 aliphatic rings. The van der Waals surface area contributed by atoms with Gasteiger partial charge in [0.2, 0.25) is 5.75 Å². The molecule has 0 aliphatic carbocycles. The van der Waals surface area contributed by atoms with Gasteiger partial charge in [0.05, 0.1) is 15.9 Å². The number of aromatic nitrogens is 3. The predicted molar refractivity (Wildman–Crippen MR) is 66.3 cm³/mol. The normalized spacial score (nSPS) is 10.3. The summed E-state index contributed by atoms with van der Waals surface area (Å²) in [6.45, 7) is 0.741. The van der Waals surface area contributed by atoms with Crippen molar-refractivity contribution in [3.05, 3.63) is 45.4 Å². The SMILES string of the molecule is O=[N+]([O-])c1cccc(Br)c1OCCn1cncn1. The van der Waals surface area contributed by atoms with E-state index in [4.69, 9.17) is 4.74 Å². The minimum atomic E-state index is -0.477. The van der Waals surface area contributed by atoms with E-state index < -0.39 is 4.92 Å². The summed E-state index contributed by atoms with van der Waals surface area (Å²) in [5.41, 5.74) is -0.0667. The van der Waals surface area contributed by atoms with Crippen LogP contribution in [0.15, 0.2) is 35.3 Å². The Balaban J connectivity index is 2.06. The van der Waals surface area contributed by atoms with Gasteiger partial charge in [0.25, 0.3) is 0 Å². The van der Waals surface area contributed by atoms with Crippen LogP contribution in [-0.4, -0.2) is 26.3 Å². The smallest absolute Gasteiger partial charge is 0.312 e. The Labute approximate surface area is 111 Å². The zero-order chi connectivity index (χ0) is 13.0. The molecule has 0 aliphatic heterocycles. The van der Waals surface area contributed by atoms with E-state index in [0.29, 0.717) is 11.0 Å². The number of para-hydroxylation sites is 1. The van der Waals surface area contributed by atoms with Crippen molar-refractivity contribution in [3.8, 4) is 5.75 Å². The molecule has 7 nitrogen and oxygen atoms in total. The van der Waals surface area contributed by atoms with Crippen LogP contribution in [0.2, 0.25) is 0 Å². The number of hydrogen-bond acceptors (Lipinski definition) is 5. The Morgan fingerprint density at radius 1 is 1.50 bits per heavy atom. The van der Waals surface area contributed by atoms with Crippen molar-refractivity contribution in [2.24, 2.45) is 0 Å². The average Bonchev–Trinajstić information content (AvgIpc) is 2.84. The molecule has 0 fully saturated rings. The minimum absolute atomic E-state index is 0.0667. The van der Waals surface area contributed by atoms with Crippen LogP contribution in [-0.2, 0) is 6.54 Å². The summed E-state index contributed by atoms with van der Waals surface area (Å²) in [7, 11) is 0. The number of benzene rings is 1. The van der Waals surface area contributed by atoms with E-state index in [2.05, 4.69) is 26.0 Å². The predicted octanol–water partition coefficient (Wildman–Crippen LogP) is 2.03. The number of hydrogen-bond donors (Lipinski definition) is 0. The van der Waals surface area contributed by atoms with Crippen molar-refractivity contribution in [1.82, 2.24) is 14.8 Å². The molecule has 0 amide bonds. The highest BCUT2D eigenvalue weighted by Gasteiger charge is 2.17. The van der Waals surface area contributed by atoms with E-state index in [-0.39, 0.29) is 18.0 Å². The molecule has 0 N–H and O–H groups in total. The second-order valence-corrected chi connectivity index (χ2v) is 4.21. The molecule has 8 heteroatoms. The summed E-state index contributed by atoms with van der Waals surface area (Å²) in [6.07, 6.45) is 2.97. The van der Waals surface area contributed by atoms with Crippen LogP contribution in [0.25, 0.3) is 0 Å². The van der Waals surface area contributed by atoms with Gasteiger partial charge in [-0.3, -0.25) is 10.1 Å². The fourth-order valence-corrected chi connectivity index (χ4v) is 1.84. The van der Waals surface area contributed by atoms with Crippen LogP contribution in [0.1, 0.15) is 0 Å². The lowest BCUT2D eigenvalue weighted by Gasteiger charge is -2.08. The van der Waals surface area contributed by atoms with E-state index in [0.717, 1.165) is 0 Å². The van der Waals surface area contributed by atoms with E-state index in [9.17, 15) is 10.1 Å². The first kappa shape index (κ1) is 12.5. The monoisotopic (exact) mass is 312 g/mol. The van der Waals surface area contributed by atoms with Crippen LogP contribution in [0.4, 0.5) is 5.69 Å². The first-order valence-corrected chi connectivity index (χ1v) is 5.86. The molecule has 0 spiro atoms. The molecule has 2 aromatic rings. The molecule has 0 saturated heterocycles. The maximum atomic E-state index is 10.8. The molecule has 94 valence electrons. The number of rotatable bonds is 5. The van der Waals surface area contributed by atoms with Gasteiger partial charge >= 0.3 is 5.69 Å². The highest BCUT2D eigenvalue weighted by Crippen LogP contribution is 2.34. The maximum absolute atomic E-state index is 10.8. The summed E-state index contributed by atoms with van der Waals surface area (Å²) in [5.74, 6) is 0.225. The summed E-state index contributed by atoms with van der Waals surface area (Å²) < 4.78 is 7.56. The topological polar surface area (TPSA) is 83.1 Å². The number of nitro groups is 1. The Morgan fingerprint density at radius 3 is 3.00 bits per heavy atom. The highest BCUT2D eigenvalue weighted by molar-refractivity contribution is 9.10. The fraction of sp³-hybridized carbons (Fsp3) is 0.200. The van der Waals surface area contributed by atoms with E-state index in [1.807, 2.05) is 0 Å². The first-order valence-electron chi connectivity index (χ1n) is 5.06. The van der Waals surface area contributed by atoms with E-state index >= 15 is 0 Å². The van der Waals surface area contributed by atoms with E-state index in [1.54, 1.807) is 23.1 Å². The largest absolute Gasteiger partial charge is 0.484 e. The Kier molecular flexibility index (Phi) is 3.88. The lowest BCUT2D eigenvalue weighted by Crippen LogP contribution is -2.09. The van der Waals surface area contributed by atoms with Crippen LogP contribution >= 0.6 is 15.9 Å². The Morgan fingerprint density at radius 2 is 2.33 bits per heavy atom. The molecule has 0 atom stereocenters. The lowest BCUT2D eigenvalue weighted by molar-refractivity contribution is -0.386. The van der Waals surface area contributed by atoms with Gasteiger partial charge in [-0.2, -0.15) is 5.10 Å². The third kappa shape index (κ3) is 2.83. The average molecular weight is 313 g/mol.